The summed E-state index contributed by atoms with van der Waals surface area (Å²) >= 11 is 0. The highest BCUT2D eigenvalue weighted by Crippen LogP contribution is 2.29. The molecule has 0 spiro atoms. The number of ether oxygens (including phenoxy) is 1. The molecule has 0 aliphatic rings. The molecule has 0 aliphatic carbocycles. The molecule has 110 valence electrons. The van der Waals surface area contributed by atoms with Crippen molar-refractivity contribution in [3.63, 3.8) is 0 Å². The Bertz CT molecular complexity index is 389. The quantitative estimate of drug-likeness (QED) is 0.786. The van der Waals surface area contributed by atoms with Gasteiger partial charge in [-0.1, -0.05) is 13.8 Å². The predicted molar refractivity (Wildman–Crippen MR) is 80.6 cm³/mol. The van der Waals surface area contributed by atoms with Crippen LogP contribution < -0.4 is 10.6 Å². The van der Waals surface area contributed by atoms with E-state index in [0.29, 0.717) is 12.6 Å². The molecule has 19 heavy (non-hydrogen) atoms. The predicted octanol–water partition coefficient (Wildman–Crippen LogP) is 2.44. The molecule has 1 heterocycles. The van der Waals surface area contributed by atoms with Gasteiger partial charge in [0.2, 0.25) is 0 Å². The molecule has 0 amide bonds. The normalized spacial score (nSPS) is 12.7. The Morgan fingerprint density at radius 3 is 2.63 bits per heavy atom. The van der Waals surface area contributed by atoms with Gasteiger partial charge in [0.05, 0.1) is 18.0 Å². The van der Waals surface area contributed by atoms with Gasteiger partial charge in [-0.2, -0.15) is 5.10 Å². The number of rotatable bonds is 8. The minimum atomic E-state index is 0.421. The SMILES string of the molecule is CCCn1nc(C)c(N)c1N(CCOC)C(C)CC. The summed E-state index contributed by atoms with van der Waals surface area (Å²) in [5.74, 6) is 1.05. The van der Waals surface area contributed by atoms with Crippen LogP contribution in [-0.4, -0.2) is 36.1 Å². The molecular weight excluding hydrogens is 240 g/mol. The van der Waals surface area contributed by atoms with Gasteiger partial charge in [0.15, 0.2) is 5.82 Å². The van der Waals surface area contributed by atoms with Crippen LogP contribution in [0.2, 0.25) is 0 Å². The molecule has 0 fully saturated rings. The molecule has 1 aromatic rings. The number of methoxy groups -OCH3 is 1. The Hall–Kier alpha value is -1.23. The average Bonchev–Trinajstić information content (AvgIpc) is 2.67. The summed E-state index contributed by atoms with van der Waals surface area (Å²) < 4.78 is 7.26. The van der Waals surface area contributed by atoms with Crippen LogP contribution >= 0.6 is 0 Å². The van der Waals surface area contributed by atoms with Crippen LogP contribution in [-0.2, 0) is 11.3 Å². The summed E-state index contributed by atoms with van der Waals surface area (Å²) in [5.41, 5.74) is 7.94. The van der Waals surface area contributed by atoms with E-state index in [1.54, 1.807) is 7.11 Å². The van der Waals surface area contributed by atoms with Crippen molar-refractivity contribution in [3.8, 4) is 0 Å². The van der Waals surface area contributed by atoms with Crippen molar-refractivity contribution < 1.29 is 4.74 Å². The molecule has 5 heteroatoms. The van der Waals surface area contributed by atoms with Crippen LogP contribution in [0.15, 0.2) is 0 Å². The third-order valence-electron chi connectivity index (χ3n) is 3.51. The number of aryl methyl sites for hydroxylation is 2. The van der Waals surface area contributed by atoms with E-state index < -0.39 is 0 Å². The summed E-state index contributed by atoms with van der Waals surface area (Å²) in [6, 6.07) is 0.421. The second kappa shape index (κ2) is 7.38. The Kier molecular flexibility index (Phi) is 6.15. The van der Waals surface area contributed by atoms with Crippen LogP contribution in [0.1, 0.15) is 39.3 Å². The van der Waals surface area contributed by atoms with Crippen molar-refractivity contribution in [2.75, 3.05) is 30.9 Å². The van der Waals surface area contributed by atoms with Gasteiger partial charge in [-0.15, -0.1) is 0 Å². The van der Waals surface area contributed by atoms with Crippen LogP contribution in [0.25, 0.3) is 0 Å². The zero-order valence-corrected chi connectivity index (χ0v) is 12.9. The smallest absolute Gasteiger partial charge is 0.150 e. The van der Waals surface area contributed by atoms with Gasteiger partial charge in [-0.05, 0) is 26.7 Å². The molecule has 0 saturated heterocycles. The van der Waals surface area contributed by atoms with Crippen molar-refractivity contribution in [3.05, 3.63) is 5.69 Å². The fraction of sp³-hybridized carbons (Fsp3) is 0.786. The first kappa shape index (κ1) is 15.8. The molecule has 1 unspecified atom stereocenters. The third-order valence-corrected chi connectivity index (χ3v) is 3.51. The molecule has 0 aliphatic heterocycles. The molecule has 1 rings (SSSR count). The first-order valence-corrected chi connectivity index (χ1v) is 7.15. The highest BCUT2D eigenvalue weighted by molar-refractivity contribution is 5.66. The average molecular weight is 268 g/mol. The van der Waals surface area contributed by atoms with E-state index in [1.165, 1.54) is 0 Å². The van der Waals surface area contributed by atoms with Crippen LogP contribution in [0.5, 0.6) is 0 Å². The summed E-state index contributed by atoms with van der Waals surface area (Å²) in [6.45, 7) is 11.0. The van der Waals surface area contributed by atoms with Gasteiger partial charge in [0, 0.05) is 26.2 Å². The Labute approximate surface area is 116 Å². The van der Waals surface area contributed by atoms with E-state index in [9.17, 15) is 0 Å². The fourth-order valence-electron chi connectivity index (χ4n) is 2.20. The third kappa shape index (κ3) is 3.62. The zero-order valence-electron chi connectivity index (χ0n) is 12.9. The molecule has 1 aromatic heterocycles. The van der Waals surface area contributed by atoms with E-state index in [-0.39, 0.29) is 0 Å². The van der Waals surface area contributed by atoms with E-state index >= 15 is 0 Å². The second-order valence-corrected chi connectivity index (χ2v) is 4.99. The van der Waals surface area contributed by atoms with Gasteiger partial charge in [0.1, 0.15) is 0 Å². The molecule has 1 atom stereocenters. The topological polar surface area (TPSA) is 56.3 Å². The summed E-state index contributed by atoms with van der Waals surface area (Å²) in [4.78, 5) is 2.31. The fourth-order valence-corrected chi connectivity index (χ4v) is 2.20. The largest absolute Gasteiger partial charge is 0.394 e. The molecule has 5 nitrogen and oxygen atoms in total. The molecular formula is C14H28N4O. The van der Waals surface area contributed by atoms with Crippen molar-refractivity contribution >= 4 is 11.5 Å². The lowest BCUT2D eigenvalue weighted by Crippen LogP contribution is -2.37. The number of nitrogen functional groups attached to an aromatic ring is 1. The first-order valence-electron chi connectivity index (χ1n) is 7.15. The second-order valence-electron chi connectivity index (χ2n) is 4.99. The molecule has 0 bridgehead atoms. The molecule has 0 radical (unpaired) electrons. The summed E-state index contributed by atoms with van der Waals surface area (Å²) in [6.07, 6.45) is 2.12. The van der Waals surface area contributed by atoms with Gasteiger partial charge in [-0.3, -0.25) is 0 Å². The molecule has 0 saturated carbocycles. The van der Waals surface area contributed by atoms with E-state index in [4.69, 9.17) is 10.5 Å². The van der Waals surface area contributed by atoms with E-state index in [0.717, 1.165) is 43.1 Å². The van der Waals surface area contributed by atoms with Crippen molar-refractivity contribution in [1.29, 1.82) is 0 Å². The standard InChI is InChI=1S/C14H28N4O/c1-6-8-18-14(13(15)12(4)16-18)17(9-10-19-5)11(3)7-2/h11H,6-10,15H2,1-5H3. The lowest BCUT2D eigenvalue weighted by Gasteiger charge is -2.31. The van der Waals surface area contributed by atoms with Crippen molar-refractivity contribution in [2.24, 2.45) is 0 Å². The van der Waals surface area contributed by atoms with E-state index in [2.05, 4.69) is 30.8 Å². The van der Waals surface area contributed by atoms with Gasteiger partial charge in [-0.25, -0.2) is 4.68 Å². The van der Waals surface area contributed by atoms with Crippen LogP contribution in [0, 0.1) is 6.92 Å². The summed E-state index contributed by atoms with van der Waals surface area (Å²) in [7, 11) is 1.73. The van der Waals surface area contributed by atoms with E-state index in [1.807, 2.05) is 11.6 Å². The van der Waals surface area contributed by atoms with Gasteiger partial charge >= 0.3 is 0 Å². The van der Waals surface area contributed by atoms with Crippen LogP contribution in [0.4, 0.5) is 11.5 Å². The lowest BCUT2D eigenvalue weighted by molar-refractivity contribution is 0.203. The summed E-state index contributed by atoms with van der Waals surface area (Å²) in [5, 5.41) is 4.55. The first-order chi connectivity index (χ1) is 9.06. The Morgan fingerprint density at radius 1 is 1.42 bits per heavy atom. The van der Waals surface area contributed by atoms with Crippen molar-refractivity contribution in [2.45, 2.75) is 53.1 Å². The van der Waals surface area contributed by atoms with Gasteiger partial charge in [0.25, 0.3) is 0 Å². The number of nitrogens with zero attached hydrogens (tertiary/aromatic N) is 3. The highest BCUT2D eigenvalue weighted by Gasteiger charge is 2.22. The minimum Gasteiger partial charge on any atom is -0.394 e. The monoisotopic (exact) mass is 268 g/mol. The maximum Gasteiger partial charge on any atom is 0.150 e. The zero-order chi connectivity index (χ0) is 14.4. The number of nitrogens with two attached hydrogens (primary N) is 1. The van der Waals surface area contributed by atoms with Crippen LogP contribution in [0.3, 0.4) is 0 Å². The minimum absolute atomic E-state index is 0.421. The molecule has 0 aromatic carbocycles. The Morgan fingerprint density at radius 2 is 2.11 bits per heavy atom. The lowest BCUT2D eigenvalue weighted by atomic mass is 10.2. The Balaban J connectivity index is 3.11. The number of hydrogen-bond donors (Lipinski definition) is 1. The number of aromatic nitrogens is 2. The van der Waals surface area contributed by atoms with Gasteiger partial charge < -0.3 is 15.4 Å². The number of anilines is 2. The maximum atomic E-state index is 6.23. The maximum absolute atomic E-state index is 6.23. The highest BCUT2D eigenvalue weighted by atomic mass is 16.5. The number of hydrogen-bond acceptors (Lipinski definition) is 4. The molecule has 2 N–H and O–H groups in total. The van der Waals surface area contributed by atoms with Crippen molar-refractivity contribution in [1.82, 2.24) is 9.78 Å².